The first-order chi connectivity index (χ1) is 20.4. The van der Waals surface area contributed by atoms with E-state index in [2.05, 4.69) is 49.9 Å². The summed E-state index contributed by atoms with van der Waals surface area (Å²) in [4.78, 5) is 17.6. The van der Waals surface area contributed by atoms with Crippen LogP contribution >= 0.6 is 0 Å². The second kappa shape index (κ2) is 12.6. The van der Waals surface area contributed by atoms with Crippen LogP contribution < -0.4 is 0 Å². The Morgan fingerprint density at radius 1 is 0.884 bits per heavy atom. The first-order valence-corrected chi connectivity index (χ1v) is 22.1. The van der Waals surface area contributed by atoms with Crippen molar-refractivity contribution in [3.05, 3.63) is 60.4 Å². The minimum absolute atomic E-state index is 0.300. The lowest BCUT2D eigenvalue weighted by Crippen LogP contribution is -2.22. The van der Waals surface area contributed by atoms with Gasteiger partial charge in [0.15, 0.2) is 5.82 Å². The number of esters is 1. The molecule has 43 heavy (non-hydrogen) atoms. The maximum absolute atomic E-state index is 12.5. The number of furan rings is 1. The van der Waals surface area contributed by atoms with E-state index in [1.54, 1.807) is 12.3 Å². The molecule has 0 aliphatic heterocycles. The number of imidazole rings is 1. The molecule has 0 N–H and O–H groups in total. The predicted octanol–water partition coefficient (Wildman–Crippen LogP) is 7.72. The zero-order valence-electron chi connectivity index (χ0n) is 26.3. The van der Waals surface area contributed by atoms with Gasteiger partial charge in [0.2, 0.25) is 0 Å². The minimum Gasteiger partial charge on any atom is -0.465 e. The number of methoxy groups -OCH3 is 1. The van der Waals surface area contributed by atoms with E-state index >= 15 is 0 Å². The third-order valence-electron chi connectivity index (χ3n) is 7.36. The van der Waals surface area contributed by atoms with Crippen LogP contribution in [0.15, 0.2) is 59.2 Å². The number of ether oxygens (including phenoxy) is 3. The van der Waals surface area contributed by atoms with E-state index in [1.165, 1.54) is 7.11 Å². The normalized spacial score (nSPS) is 12.4. The van der Waals surface area contributed by atoms with Gasteiger partial charge in [-0.1, -0.05) is 39.3 Å². The average Bonchev–Trinajstić information content (AvgIpc) is 3.69. The Hall–Kier alpha value is -3.52. The highest BCUT2D eigenvalue weighted by Gasteiger charge is 2.23. The molecule has 0 radical (unpaired) electrons. The van der Waals surface area contributed by atoms with Gasteiger partial charge in [-0.15, -0.1) is 0 Å². The van der Waals surface area contributed by atoms with E-state index in [-0.39, 0.29) is 0 Å². The first kappa shape index (κ1) is 30.9. The number of aromatic nitrogens is 4. The number of fused-ring (bicyclic) bond motifs is 2. The maximum Gasteiger partial charge on any atom is 0.337 e. The van der Waals surface area contributed by atoms with Crippen LogP contribution in [0.2, 0.25) is 51.4 Å². The number of carbonyl (C=O) groups is 1. The van der Waals surface area contributed by atoms with E-state index in [9.17, 15) is 4.79 Å². The molecular formula is C32H42N4O5Si2. The molecule has 228 valence electrons. The molecule has 0 amide bonds. The summed E-state index contributed by atoms with van der Waals surface area (Å²) in [5.74, 6) is 1.04. The topological polar surface area (TPSA) is 93.5 Å². The molecule has 3 aromatic heterocycles. The van der Waals surface area contributed by atoms with Crippen LogP contribution in [0.1, 0.15) is 10.4 Å². The van der Waals surface area contributed by atoms with Crippen molar-refractivity contribution in [3.8, 4) is 22.8 Å². The summed E-state index contributed by atoms with van der Waals surface area (Å²) in [5.41, 5.74) is 4.63. The molecule has 0 bridgehead atoms. The zero-order valence-corrected chi connectivity index (χ0v) is 28.3. The molecule has 0 atom stereocenters. The van der Waals surface area contributed by atoms with Crippen molar-refractivity contribution in [2.75, 3.05) is 20.3 Å². The van der Waals surface area contributed by atoms with Gasteiger partial charge in [0.05, 0.1) is 35.5 Å². The lowest BCUT2D eigenvalue weighted by Gasteiger charge is -2.16. The van der Waals surface area contributed by atoms with E-state index in [0.29, 0.717) is 43.8 Å². The van der Waals surface area contributed by atoms with Crippen molar-refractivity contribution in [2.24, 2.45) is 0 Å². The molecular weight excluding hydrogens is 577 g/mol. The molecule has 5 aromatic rings. The van der Waals surface area contributed by atoms with Gasteiger partial charge < -0.3 is 18.6 Å². The highest BCUT2D eigenvalue weighted by atomic mass is 28.3. The Morgan fingerprint density at radius 3 is 2.26 bits per heavy atom. The van der Waals surface area contributed by atoms with Gasteiger partial charge >= 0.3 is 5.97 Å². The SMILES string of the molecule is COC(=O)c1ccc2c(c1)c(-c1nc3ccc(-c4ccco4)cc3n1COCC[Si](C)(C)C)nn2COCC[Si](C)(C)C. The summed E-state index contributed by atoms with van der Waals surface area (Å²) in [6.45, 7) is 16.0. The lowest BCUT2D eigenvalue weighted by atomic mass is 10.1. The van der Waals surface area contributed by atoms with Gasteiger partial charge in [-0.25, -0.2) is 14.5 Å². The van der Waals surface area contributed by atoms with Crippen LogP contribution in [-0.2, 0) is 27.7 Å². The summed E-state index contributed by atoms with van der Waals surface area (Å²) in [5, 5.41) is 5.81. The van der Waals surface area contributed by atoms with Gasteiger partial charge in [-0.2, -0.15) is 5.10 Å². The molecule has 2 aromatic carbocycles. The van der Waals surface area contributed by atoms with E-state index in [1.807, 2.05) is 41.1 Å². The van der Waals surface area contributed by atoms with Crippen LogP contribution in [-0.4, -0.2) is 61.8 Å². The third-order valence-corrected chi connectivity index (χ3v) is 10.8. The van der Waals surface area contributed by atoms with Crippen molar-refractivity contribution in [1.29, 1.82) is 0 Å². The standard InChI is InChI=1S/C32H42N4O5Si2/c1-38-32(37)24-11-13-27-25(19-24)30(34-36(27)22-40-16-18-43(5,6)7)31-33-26-12-10-23(29-9-8-14-41-29)20-28(26)35(31)21-39-15-17-42(2,3)4/h8-14,19-20H,15-18,21-22H2,1-7H3. The number of hydrogen-bond donors (Lipinski definition) is 0. The van der Waals surface area contributed by atoms with Crippen LogP contribution in [0.4, 0.5) is 0 Å². The van der Waals surface area contributed by atoms with Crippen LogP contribution in [0, 0.1) is 0 Å². The Kier molecular flexibility index (Phi) is 9.07. The third kappa shape index (κ3) is 7.35. The van der Waals surface area contributed by atoms with E-state index in [4.69, 9.17) is 28.7 Å². The fraction of sp³-hybridized carbons (Fsp3) is 0.406. The number of hydrogen-bond acceptors (Lipinski definition) is 7. The second-order valence-corrected chi connectivity index (χ2v) is 24.6. The van der Waals surface area contributed by atoms with Crippen molar-refractivity contribution in [1.82, 2.24) is 19.3 Å². The molecule has 9 nitrogen and oxygen atoms in total. The molecule has 0 fully saturated rings. The largest absolute Gasteiger partial charge is 0.465 e. The molecule has 0 saturated carbocycles. The fourth-order valence-corrected chi connectivity index (χ4v) is 6.29. The quantitative estimate of drug-likeness (QED) is 0.0757. The molecule has 11 heteroatoms. The van der Waals surface area contributed by atoms with Gasteiger partial charge in [0.25, 0.3) is 0 Å². The van der Waals surface area contributed by atoms with Crippen molar-refractivity contribution in [2.45, 2.75) is 64.8 Å². The predicted molar refractivity (Wildman–Crippen MR) is 176 cm³/mol. The number of carbonyl (C=O) groups excluding carboxylic acids is 1. The molecule has 0 saturated heterocycles. The van der Waals surface area contributed by atoms with Gasteiger partial charge in [-0.05, 0) is 60.6 Å². The number of nitrogens with zero attached hydrogens (tertiary/aromatic N) is 4. The maximum atomic E-state index is 12.5. The summed E-state index contributed by atoms with van der Waals surface area (Å²) < 4.78 is 27.0. The Morgan fingerprint density at radius 2 is 1.60 bits per heavy atom. The fourth-order valence-electron chi connectivity index (χ4n) is 4.78. The smallest absolute Gasteiger partial charge is 0.337 e. The van der Waals surface area contributed by atoms with Gasteiger partial charge in [0.1, 0.15) is 24.9 Å². The van der Waals surface area contributed by atoms with Crippen LogP contribution in [0.5, 0.6) is 0 Å². The zero-order chi connectivity index (χ0) is 30.8. The Labute approximate surface area is 254 Å². The molecule has 0 aliphatic rings. The van der Waals surface area contributed by atoms with Crippen molar-refractivity contribution < 1.29 is 23.4 Å². The summed E-state index contributed by atoms with van der Waals surface area (Å²) in [6.07, 6.45) is 1.67. The van der Waals surface area contributed by atoms with Crippen molar-refractivity contribution >= 4 is 44.1 Å². The molecule has 0 aliphatic carbocycles. The second-order valence-electron chi connectivity index (χ2n) is 13.3. The monoisotopic (exact) mass is 618 g/mol. The van der Waals surface area contributed by atoms with Gasteiger partial charge in [0, 0.05) is 40.3 Å². The van der Waals surface area contributed by atoms with Gasteiger partial charge in [-0.3, -0.25) is 4.57 Å². The molecule has 3 heterocycles. The van der Waals surface area contributed by atoms with Crippen LogP contribution in [0.25, 0.3) is 44.8 Å². The van der Waals surface area contributed by atoms with E-state index in [0.717, 1.165) is 45.3 Å². The Bertz CT molecular complexity index is 1710. The summed E-state index contributed by atoms with van der Waals surface area (Å²) in [7, 11) is -1.12. The summed E-state index contributed by atoms with van der Waals surface area (Å²) in [6, 6.07) is 17.5. The first-order valence-electron chi connectivity index (χ1n) is 14.7. The molecule has 0 spiro atoms. The summed E-state index contributed by atoms with van der Waals surface area (Å²) >= 11 is 0. The highest BCUT2D eigenvalue weighted by molar-refractivity contribution is 6.76. The highest BCUT2D eigenvalue weighted by Crippen LogP contribution is 2.33. The number of rotatable bonds is 13. The molecule has 5 rings (SSSR count). The minimum atomic E-state index is -1.27. The molecule has 0 unspecified atom stereocenters. The average molecular weight is 619 g/mol. The van der Waals surface area contributed by atoms with Crippen LogP contribution in [0.3, 0.4) is 0 Å². The van der Waals surface area contributed by atoms with E-state index < -0.39 is 22.1 Å². The Balaban J connectivity index is 1.61. The van der Waals surface area contributed by atoms with Crippen molar-refractivity contribution in [3.63, 3.8) is 0 Å². The lowest BCUT2D eigenvalue weighted by molar-refractivity contribution is 0.0601. The number of benzene rings is 2.